The molecule has 0 bridgehead atoms. The van der Waals surface area contributed by atoms with Crippen LogP contribution in [-0.4, -0.2) is 25.8 Å². The number of hydrogen-bond acceptors (Lipinski definition) is 3. The van der Waals surface area contributed by atoms with Crippen LogP contribution in [0.25, 0.3) is 0 Å². The van der Waals surface area contributed by atoms with Crippen LogP contribution in [0.5, 0.6) is 0 Å². The Morgan fingerprint density at radius 1 is 1.00 bits per heavy atom. The lowest BCUT2D eigenvalue weighted by molar-refractivity contribution is 0.0311. The van der Waals surface area contributed by atoms with Crippen LogP contribution in [0, 0.1) is 12.8 Å². The van der Waals surface area contributed by atoms with Crippen molar-refractivity contribution in [1.82, 2.24) is 0 Å². The molecule has 0 aliphatic heterocycles. The molecule has 0 amide bonds. The average molecular weight is 306 g/mol. The first-order valence-electron chi connectivity index (χ1n) is 8.41. The largest absolute Gasteiger partial charge is 0.460 e. The van der Waals surface area contributed by atoms with E-state index >= 15 is 0 Å². The normalized spacial score (nSPS) is 10.9. The molecule has 0 saturated heterocycles. The number of benzene rings is 1. The Bertz CT molecular complexity index is 426. The van der Waals surface area contributed by atoms with Crippen molar-refractivity contribution in [2.24, 2.45) is 5.92 Å². The van der Waals surface area contributed by atoms with Crippen LogP contribution >= 0.6 is 0 Å². The standard InChI is InChI=1S/C19H30O3/c1-16(2)10-6-4-5-9-13-21-14-15-22-19(20)18-12-8-7-11-17(18)3/h7-8,11-12,16H,4-6,9-10,13-15H2,1-3H3. The van der Waals surface area contributed by atoms with Gasteiger partial charge in [0.15, 0.2) is 0 Å². The Morgan fingerprint density at radius 3 is 2.45 bits per heavy atom. The summed E-state index contributed by atoms with van der Waals surface area (Å²) >= 11 is 0. The summed E-state index contributed by atoms with van der Waals surface area (Å²) in [5, 5.41) is 0. The van der Waals surface area contributed by atoms with Gasteiger partial charge in [0.05, 0.1) is 12.2 Å². The third-order valence-corrected chi connectivity index (χ3v) is 3.65. The molecule has 1 rings (SSSR count). The van der Waals surface area contributed by atoms with Gasteiger partial charge in [0.2, 0.25) is 0 Å². The Labute approximate surface area is 135 Å². The summed E-state index contributed by atoms with van der Waals surface area (Å²) in [5.41, 5.74) is 1.57. The van der Waals surface area contributed by atoms with E-state index in [0.717, 1.165) is 24.5 Å². The smallest absolute Gasteiger partial charge is 0.338 e. The summed E-state index contributed by atoms with van der Waals surface area (Å²) in [4.78, 5) is 11.8. The molecule has 0 spiro atoms. The molecule has 1 aromatic carbocycles. The van der Waals surface area contributed by atoms with E-state index < -0.39 is 0 Å². The van der Waals surface area contributed by atoms with Gasteiger partial charge in [0.25, 0.3) is 0 Å². The van der Waals surface area contributed by atoms with E-state index in [1.807, 2.05) is 25.1 Å². The fourth-order valence-corrected chi connectivity index (χ4v) is 2.29. The zero-order chi connectivity index (χ0) is 16.2. The van der Waals surface area contributed by atoms with Crippen molar-refractivity contribution in [3.05, 3.63) is 35.4 Å². The highest BCUT2D eigenvalue weighted by Gasteiger charge is 2.08. The zero-order valence-electron chi connectivity index (χ0n) is 14.3. The molecule has 0 radical (unpaired) electrons. The van der Waals surface area contributed by atoms with Crippen molar-refractivity contribution >= 4 is 5.97 Å². The highest BCUT2D eigenvalue weighted by atomic mass is 16.6. The molecule has 0 aliphatic carbocycles. The Morgan fingerprint density at radius 2 is 1.73 bits per heavy atom. The number of hydrogen-bond donors (Lipinski definition) is 0. The fourth-order valence-electron chi connectivity index (χ4n) is 2.29. The van der Waals surface area contributed by atoms with Crippen LogP contribution in [0.3, 0.4) is 0 Å². The van der Waals surface area contributed by atoms with E-state index in [1.165, 1.54) is 25.7 Å². The van der Waals surface area contributed by atoms with Gasteiger partial charge in [-0.15, -0.1) is 0 Å². The molecule has 124 valence electrons. The lowest BCUT2D eigenvalue weighted by Gasteiger charge is -2.08. The summed E-state index contributed by atoms with van der Waals surface area (Å²) in [6.45, 7) is 7.99. The lowest BCUT2D eigenvalue weighted by atomic mass is 10.0. The highest BCUT2D eigenvalue weighted by molar-refractivity contribution is 5.90. The number of carbonyl (C=O) groups is 1. The Kier molecular flexibility index (Phi) is 9.56. The Hall–Kier alpha value is -1.35. The Balaban J connectivity index is 1.98. The van der Waals surface area contributed by atoms with Gasteiger partial charge in [0, 0.05) is 6.61 Å². The molecule has 0 unspecified atom stereocenters. The number of ether oxygens (including phenoxy) is 2. The number of rotatable bonds is 11. The molecule has 3 nitrogen and oxygen atoms in total. The van der Waals surface area contributed by atoms with Gasteiger partial charge in [-0.25, -0.2) is 4.79 Å². The van der Waals surface area contributed by atoms with Crippen molar-refractivity contribution in [3.8, 4) is 0 Å². The summed E-state index contributed by atoms with van der Waals surface area (Å²) in [6, 6.07) is 7.46. The van der Waals surface area contributed by atoms with E-state index in [4.69, 9.17) is 9.47 Å². The number of carbonyl (C=O) groups excluding carboxylic acids is 1. The van der Waals surface area contributed by atoms with Crippen LogP contribution < -0.4 is 0 Å². The second-order valence-corrected chi connectivity index (χ2v) is 6.16. The third-order valence-electron chi connectivity index (χ3n) is 3.65. The maximum atomic E-state index is 11.8. The van der Waals surface area contributed by atoms with Gasteiger partial charge >= 0.3 is 5.97 Å². The second kappa shape index (κ2) is 11.2. The molecule has 0 N–H and O–H groups in total. The first-order chi connectivity index (χ1) is 10.6. The topological polar surface area (TPSA) is 35.5 Å². The molecular formula is C19H30O3. The van der Waals surface area contributed by atoms with Crippen LogP contribution in [0.15, 0.2) is 24.3 Å². The van der Waals surface area contributed by atoms with E-state index in [2.05, 4.69) is 13.8 Å². The van der Waals surface area contributed by atoms with Crippen molar-refractivity contribution in [1.29, 1.82) is 0 Å². The number of aryl methyl sites for hydroxylation is 1. The van der Waals surface area contributed by atoms with Crippen LogP contribution in [0.4, 0.5) is 0 Å². The predicted octanol–water partition coefficient (Wildman–Crippen LogP) is 4.77. The summed E-state index contributed by atoms with van der Waals surface area (Å²) in [6.07, 6.45) is 6.21. The monoisotopic (exact) mass is 306 g/mol. The second-order valence-electron chi connectivity index (χ2n) is 6.16. The minimum atomic E-state index is -0.268. The molecule has 0 heterocycles. The lowest BCUT2D eigenvalue weighted by Crippen LogP contribution is -2.12. The molecule has 1 aromatic rings. The predicted molar refractivity (Wildman–Crippen MR) is 90.2 cm³/mol. The van der Waals surface area contributed by atoms with Gasteiger partial charge in [0.1, 0.15) is 6.61 Å². The van der Waals surface area contributed by atoms with Gasteiger partial charge in [-0.3, -0.25) is 0 Å². The van der Waals surface area contributed by atoms with Crippen molar-refractivity contribution in [2.45, 2.75) is 52.9 Å². The van der Waals surface area contributed by atoms with E-state index in [-0.39, 0.29) is 5.97 Å². The van der Waals surface area contributed by atoms with E-state index in [9.17, 15) is 4.79 Å². The summed E-state index contributed by atoms with van der Waals surface area (Å²) in [7, 11) is 0. The number of unbranched alkanes of at least 4 members (excludes halogenated alkanes) is 3. The van der Waals surface area contributed by atoms with Gasteiger partial charge in [-0.2, -0.15) is 0 Å². The molecule has 0 saturated carbocycles. The van der Waals surface area contributed by atoms with Gasteiger partial charge in [-0.1, -0.05) is 57.7 Å². The third kappa shape index (κ3) is 8.18. The molecule has 22 heavy (non-hydrogen) atoms. The number of esters is 1. The zero-order valence-corrected chi connectivity index (χ0v) is 14.3. The minimum Gasteiger partial charge on any atom is -0.460 e. The molecule has 3 heteroatoms. The van der Waals surface area contributed by atoms with Crippen molar-refractivity contribution in [2.75, 3.05) is 19.8 Å². The minimum absolute atomic E-state index is 0.268. The van der Waals surface area contributed by atoms with Crippen LogP contribution in [0.2, 0.25) is 0 Å². The summed E-state index contributed by atoms with van der Waals surface area (Å²) < 4.78 is 10.7. The fraction of sp³-hybridized carbons (Fsp3) is 0.632. The van der Waals surface area contributed by atoms with E-state index in [1.54, 1.807) is 6.07 Å². The maximum Gasteiger partial charge on any atom is 0.338 e. The molecule has 0 fully saturated rings. The maximum absolute atomic E-state index is 11.8. The van der Waals surface area contributed by atoms with Crippen molar-refractivity contribution < 1.29 is 14.3 Å². The van der Waals surface area contributed by atoms with Crippen LogP contribution in [0.1, 0.15) is 61.9 Å². The highest BCUT2D eigenvalue weighted by Crippen LogP contribution is 2.10. The molecular weight excluding hydrogens is 276 g/mol. The van der Waals surface area contributed by atoms with Gasteiger partial charge in [-0.05, 0) is 30.9 Å². The molecule has 0 atom stereocenters. The first kappa shape index (κ1) is 18.7. The van der Waals surface area contributed by atoms with Gasteiger partial charge < -0.3 is 9.47 Å². The molecule has 0 aliphatic rings. The average Bonchev–Trinajstić information content (AvgIpc) is 2.49. The van der Waals surface area contributed by atoms with Crippen molar-refractivity contribution in [3.63, 3.8) is 0 Å². The van der Waals surface area contributed by atoms with E-state index in [0.29, 0.717) is 18.8 Å². The SMILES string of the molecule is Cc1ccccc1C(=O)OCCOCCCCCCC(C)C. The van der Waals surface area contributed by atoms with Crippen LogP contribution in [-0.2, 0) is 9.47 Å². The molecule has 0 aromatic heterocycles. The quantitative estimate of drug-likeness (QED) is 0.436. The summed E-state index contributed by atoms with van der Waals surface area (Å²) in [5.74, 6) is 0.537. The first-order valence-corrected chi connectivity index (χ1v) is 8.41.